The fourth-order valence-electron chi connectivity index (χ4n) is 3.05. The molecule has 20 heavy (non-hydrogen) atoms. The average Bonchev–Trinajstić information content (AvgIpc) is 2.86. The first-order valence-corrected chi connectivity index (χ1v) is 7.40. The summed E-state index contributed by atoms with van der Waals surface area (Å²) in [5, 5.41) is 4.48. The molecule has 0 N–H and O–H groups in total. The van der Waals surface area contributed by atoms with Crippen LogP contribution >= 0.6 is 0 Å². The van der Waals surface area contributed by atoms with Gasteiger partial charge in [-0.25, -0.2) is 0 Å². The molecule has 2 aromatic heterocycles. The van der Waals surface area contributed by atoms with E-state index in [2.05, 4.69) is 33.2 Å². The Morgan fingerprint density at radius 3 is 2.95 bits per heavy atom. The van der Waals surface area contributed by atoms with Crippen LogP contribution in [0, 0.1) is 5.92 Å². The van der Waals surface area contributed by atoms with Crippen LogP contribution in [0.2, 0.25) is 0 Å². The van der Waals surface area contributed by atoms with Gasteiger partial charge in [-0.3, -0.25) is 14.6 Å². The number of aryl methyl sites for hydroxylation is 1. The van der Waals surface area contributed by atoms with E-state index in [-0.39, 0.29) is 0 Å². The second-order valence-corrected chi connectivity index (χ2v) is 5.75. The maximum atomic E-state index is 4.48. The van der Waals surface area contributed by atoms with Gasteiger partial charge in [0.1, 0.15) is 0 Å². The van der Waals surface area contributed by atoms with Gasteiger partial charge in [0.25, 0.3) is 0 Å². The first kappa shape index (κ1) is 13.3. The lowest BCUT2D eigenvalue weighted by atomic mass is 9.93. The third-order valence-corrected chi connectivity index (χ3v) is 3.98. The fourth-order valence-corrected chi connectivity index (χ4v) is 3.05. The molecule has 1 aliphatic heterocycles. The topological polar surface area (TPSA) is 34.0 Å². The molecule has 1 atom stereocenters. The molecule has 1 fully saturated rings. The van der Waals surface area contributed by atoms with Gasteiger partial charge >= 0.3 is 0 Å². The summed E-state index contributed by atoms with van der Waals surface area (Å²) in [6.07, 6.45) is 7.60. The number of likely N-dealkylation sites (tertiary alicyclic amines) is 1. The first-order chi connectivity index (χ1) is 9.79. The van der Waals surface area contributed by atoms with Crippen LogP contribution in [0.4, 0.5) is 0 Å². The van der Waals surface area contributed by atoms with E-state index in [1.807, 2.05) is 30.2 Å². The molecular formula is C16H22N4. The van der Waals surface area contributed by atoms with E-state index in [1.165, 1.54) is 30.8 Å². The van der Waals surface area contributed by atoms with Crippen LogP contribution in [-0.4, -0.2) is 32.8 Å². The highest BCUT2D eigenvalue weighted by atomic mass is 15.3. The monoisotopic (exact) mass is 270 g/mol. The van der Waals surface area contributed by atoms with E-state index in [9.17, 15) is 0 Å². The van der Waals surface area contributed by atoms with Gasteiger partial charge in [0.2, 0.25) is 0 Å². The maximum absolute atomic E-state index is 4.48. The van der Waals surface area contributed by atoms with Crippen molar-refractivity contribution in [2.24, 2.45) is 13.0 Å². The Hall–Kier alpha value is -1.68. The summed E-state index contributed by atoms with van der Waals surface area (Å²) >= 11 is 0. The van der Waals surface area contributed by atoms with Crippen LogP contribution < -0.4 is 0 Å². The predicted octanol–water partition coefficient (Wildman–Crippen LogP) is 2.27. The fraction of sp³-hybridized carbons (Fsp3) is 0.500. The number of nitrogens with zero attached hydrogens (tertiary/aromatic N) is 4. The van der Waals surface area contributed by atoms with Crippen LogP contribution in [-0.2, 0) is 20.0 Å². The summed E-state index contributed by atoms with van der Waals surface area (Å²) in [5.41, 5.74) is 2.39. The van der Waals surface area contributed by atoms with Crippen molar-refractivity contribution in [1.29, 1.82) is 0 Å². The zero-order chi connectivity index (χ0) is 13.8. The van der Waals surface area contributed by atoms with Gasteiger partial charge in [-0.2, -0.15) is 5.10 Å². The smallest absolute Gasteiger partial charge is 0.0764 e. The maximum Gasteiger partial charge on any atom is 0.0764 e. The number of hydrogen-bond acceptors (Lipinski definition) is 3. The molecule has 1 aliphatic rings. The molecule has 0 aliphatic carbocycles. The molecule has 2 aromatic rings. The van der Waals surface area contributed by atoms with Gasteiger partial charge in [-0.05, 0) is 49.9 Å². The SMILES string of the molecule is Cn1ccc(CN2CCCC(Cc3ccccn3)C2)n1. The van der Waals surface area contributed by atoms with Crippen molar-refractivity contribution in [3.05, 3.63) is 48.0 Å². The first-order valence-electron chi connectivity index (χ1n) is 7.40. The van der Waals surface area contributed by atoms with Crippen LogP contribution in [0.5, 0.6) is 0 Å². The molecule has 1 unspecified atom stereocenters. The molecule has 0 spiro atoms. The minimum Gasteiger partial charge on any atom is -0.297 e. The predicted molar refractivity (Wildman–Crippen MR) is 79.2 cm³/mol. The standard InChI is InChI=1S/C16H22N4/c1-19-10-7-16(18-19)13-20-9-4-5-14(12-20)11-15-6-2-3-8-17-15/h2-3,6-8,10,14H,4-5,9,11-13H2,1H3. The van der Waals surface area contributed by atoms with Gasteiger partial charge in [0.15, 0.2) is 0 Å². The summed E-state index contributed by atoms with van der Waals surface area (Å²) in [6, 6.07) is 8.31. The highest BCUT2D eigenvalue weighted by Crippen LogP contribution is 2.21. The third kappa shape index (κ3) is 3.45. The minimum atomic E-state index is 0.724. The lowest BCUT2D eigenvalue weighted by Crippen LogP contribution is -2.36. The van der Waals surface area contributed by atoms with Crippen molar-refractivity contribution in [2.75, 3.05) is 13.1 Å². The normalized spacial score (nSPS) is 20.1. The van der Waals surface area contributed by atoms with Crippen LogP contribution in [0.3, 0.4) is 0 Å². The number of piperidine rings is 1. The Balaban J connectivity index is 1.56. The average molecular weight is 270 g/mol. The number of rotatable bonds is 4. The van der Waals surface area contributed by atoms with Crippen molar-refractivity contribution in [1.82, 2.24) is 19.7 Å². The largest absolute Gasteiger partial charge is 0.297 e. The van der Waals surface area contributed by atoms with E-state index < -0.39 is 0 Å². The second-order valence-electron chi connectivity index (χ2n) is 5.75. The van der Waals surface area contributed by atoms with E-state index in [4.69, 9.17) is 0 Å². The molecule has 0 aromatic carbocycles. The van der Waals surface area contributed by atoms with Crippen molar-refractivity contribution < 1.29 is 0 Å². The lowest BCUT2D eigenvalue weighted by molar-refractivity contribution is 0.164. The highest BCUT2D eigenvalue weighted by molar-refractivity contribution is 5.05. The molecule has 3 heterocycles. The Kier molecular flexibility index (Phi) is 4.11. The molecule has 4 heteroatoms. The van der Waals surface area contributed by atoms with E-state index in [0.717, 1.165) is 25.4 Å². The van der Waals surface area contributed by atoms with Crippen molar-refractivity contribution in [2.45, 2.75) is 25.8 Å². The number of pyridine rings is 1. The van der Waals surface area contributed by atoms with Gasteiger partial charge in [0.05, 0.1) is 5.69 Å². The number of hydrogen-bond donors (Lipinski definition) is 0. The van der Waals surface area contributed by atoms with Crippen molar-refractivity contribution in [3.63, 3.8) is 0 Å². The molecule has 0 bridgehead atoms. The molecule has 0 saturated carbocycles. The molecule has 0 amide bonds. The van der Waals surface area contributed by atoms with E-state index >= 15 is 0 Å². The van der Waals surface area contributed by atoms with Crippen LogP contribution in [0.15, 0.2) is 36.7 Å². The Morgan fingerprint density at radius 1 is 1.25 bits per heavy atom. The van der Waals surface area contributed by atoms with Gasteiger partial charge in [0, 0.05) is 38.2 Å². The Labute approximate surface area is 120 Å². The van der Waals surface area contributed by atoms with Crippen molar-refractivity contribution >= 4 is 0 Å². The Morgan fingerprint density at radius 2 is 2.20 bits per heavy atom. The molecular weight excluding hydrogens is 248 g/mol. The summed E-state index contributed by atoms with van der Waals surface area (Å²) in [7, 11) is 1.98. The second kappa shape index (κ2) is 6.18. The molecule has 4 nitrogen and oxygen atoms in total. The summed E-state index contributed by atoms with van der Waals surface area (Å²) < 4.78 is 1.88. The van der Waals surface area contributed by atoms with Crippen molar-refractivity contribution in [3.8, 4) is 0 Å². The quantitative estimate of drug-likeness (QED) is 0.854. The summed E-state index contributed by atoms with van der Waals surface area (Å²) in [4.78, 5) is 6.98. The zero-order valence-corrected chi connectivity index (χ0v) is 12.1. The molecule has 0 radical (unpaired) electrons. The van der Waals surface area contributed by atoms with E-state index in [0.29, 0.717) is 0 Å². The van der Waals surface area contributed by atoms with Gasteiger partial charge in [-0.15, -0.1) is 0 Å². The summed E-state index contributed by atoms with van der Waals surface area (Å²) in [5.74, 6) is 0.724. The molecule has 1 saturated heterocycles. The highest BCUT2D eigenvalue weighted by Gasteiger charge is 2.21. The molecule has 106 valence electrons. The van der Waals surface area contributed by atoms with Crippen LogP contribution in [0.25, 0.3) is 0 Å². The minimum absolute atomic E-state index is 0.724. The van der Waals surface area contributed by atoms with Gasteiger partial charge < -0.3 is 0 Å². The lowest BCUT2D eigenvalue weighted by Gasteiger charge is -2.32. The van der Waals surface area contributed by atoms with Gasteiger partial charge in [-0.1, -0.05) is 6.07 Å². The van der Waals surface area contributed by atoms with Crippen LogP contribution in [0.1, 0.15) is 24.2 Å². The number of aromatic nitrogens is 3. The zero-order valence-electron chi connectivity index (χ0n) is 12.1. The Bertz CT molecular complexity index is 534. The third-order valence-electron chi connectivity index (χ3n) is 3.98. The molecule has 3 rings (SSSR count). The van der Waals surface area contributed by atoms with E-state index in [1.54, 1.807) is 0 Å². The summed E-state index contributed by atoms with van der Waals surface area (Å²) in [6.45, 7) is 3.32.